The molecule has 0 aliphatic carbocycles. The van der Waals surface area contributed by atoms with Crippen LogP contribution in [0.4, 0.5) is 5.69 Å². The lowest BCUT2D eigenvalue weighted by atomic mass is 10.3. The smallest absolute Gasteiger partial charge is 0.247 e. The van der Waals surface area contributed by atoms with Crippen molar-refractivity contribution in [2.24, 2.45) is 0 Å². The Morgan fingerprint density at radius 1 is 1.40 bits per heavy atom. The maximum atomic E-state index is 12.7. The third-order valence-corrected chi connectivity index (χ3v) is 4.88. The Hall–Kier alpha value is -1.22. The second kappa shape index (κ2) is 7.53. The van der Waals surface area contributed by atoms with Crippen molar-refractivity contribution in [3.8, 4) is 0 Å². The molecule has 0 bridgehead atoms. The third kappa shape index (κ3) is 3.89. The van der Waals surface area contributed by atoms with Crippen LogP contribution in [0.15, 0.2) is 23.4 Å². The molecule has 0 aliphatic rings. The molecule has 0 radical (unpaired) electrons. The molecule has 1 rings (SSSR count). The topological polar surface area (TPSA) is 94.8 Å². The van der Waals surface area contributed by atoms with Gasteiger partial charge in [0.05, 0.1) is 18.9 Å². The van der Waals surface area contributed by atoms with Gasteiger partial charge in [0.2, 0.25) is 10.0 Å². The van der Waals surface area contributed by atoms with Gasteiger partial charge in [0.25, 0.3) is 0 Å². The summed E-state index contributed by atoms with van der Waals surface area (Å²) in [6.07, 6.45) is 2.70. The Kier molecular flexibility index (Phi) is 6.34. The standard InChI is InChI=1S/C12H21N3O4S/c1-10(9-19-3)15(6-7-18-2)20(16,17)12-8-14-5-4-11(12)13/h4-5,8,10H,6-7,9H2,1-3H3,(H2,13,14). The van der Waals surface area contributed by atoms with Crippen LogP contribution in [0.25, 0.3) is 0 Å². The van der Waals surface area contributed by atoms with E-state index in [0.29, 0.717) is 0 Å². The molecule has 1 aromatic rings. The summed E-state index contributed by atoms with van der Waals surface area (Å²) in [5, 5.41) is 0. The summed E-state index contributed by atoms with van der Waals surface area (Å²) in [6, 6.07) is 1.13. The number of aromatic nitrogens is 1. The van der Waals surface area contributed by atoms with E-state index in [1.54, 1.807) is 6.92 Å². The fraction of sp³-hybridized carbons (Fsp3) is 0.583. The average molecular weight is 303 g/mol. The van der Waals surface area contributed by atoms with Crippen molar-refractivity contribution < 1.29 is 17.9 Å². The van der Waals surface area contributed by atoms with Gasteiger partial charge >= 0.3 is 0 Å². The number of sulfonamides is 1. The Bertz CT molecular complexity index is 521. The van der Waals surface area contributed by atoms with Crippen molar-refractivity contribution >= 4 is 15.7 Å². The van der Waals surface area contributed by atoms with Gasteiger partial charge < -0.3 is 15.2 Å². The molecule has 1 heterocycles. The van der Waals surface area contributed by atoms with Crippen LogP contribution < -0.4 is 5.73 Å². The highest BCUT2D eigenvalue weighted by Crippen LogP contribution is 2.22. The molecule has 2 N–H and O–H groups in total. The number of nitrogens with zero attached hydrogens (tertiary/aromatic N) is 2. The zero-order valence-electron chi connectivity index (χ0n) is 11.9. The summed E-state index contributed by atoms with van der Waals surface area (Å²) in [4.78, 5) is 3.83. The molecule has 0 saturated heterocycles. The van der Waals surface area contributed by atoms with Gasteiger partial charge in [0.1, 0.15) is 4.90 Å². The van der Waals surface area contributed by atoms with Crippen LogP contribution in [0.5, 0.6) is 0 Å². The van der Waals surface area contributed by atoms with Gasteiger partial charge in [-0.05, 0) is 13.0 Å². The van der Waals surface area contributed by atoms with Gasteiger partial charge in [-0.2, -0.15) is 4.31 Å². The predicted octanol–water partition coefficient (Wildman–Crippen LogP) is 0.336. The maximum absolute atomic E-state index is 12.7. The first kappa shape index (κ1) is 16.8. The molecule has 20 heavy (non-hydrogen) atoms. The molecule has 0 fully saturated rings. The normalized spacial score (nSPS) is 13.6. The van der Waals surface area contributed by atoms with Crippen LogP contribution >= 0.6 is 0 Å². The van der Waals surface area contributed by atoms with Crippen LogP contribution in [-0.2, 0) is 19.5 Å². The lowest BCUT2D eigenvalue weighted by Crippen LogP contribution is -2.43. The number of pyridine rings is 1. The van der Waals surface area contributed by atoms with E-state index in [1.807, 2.05) is 0 Å². The summed E-state index contributed by atoms with van der Waals surface area (Å²) < 4.78 is 36.7. The number of nitrogens with two attached hydrogens (primary N) is 1. The van der Waals surface area contributed by atoms with Gasteiger partial charge in [-0.25, -0.2) is 8.42 Å². The number of anilines is 1. The van der Waals surface area contributed by atoms with Crippen LogP contribution in [0.3, 0.4) is 0 Å². The zero-order valence-corrected chi connectivity index (χ0v) is 12.8. The second-order valence-corrected chi connectivity index (χ2v) is 6.19. The van der Waals surface area contributed by atoms with E-state index in [0.717, 1.165) is 0 Å². The monoisotopic (exact) mass is 303 g/mol. The Balaban J connectivity index is 3.13. The van der Waals surface area contributed by atoms with E-state index < -0.39 is 10.0 Å². The van der Waals surface area contributed by atoms with E-state index in [2.05, 4.69) is 4.98 Å². The fourth-order valence-corrected chi connectivity index (χ4v) is 3.48. The van der Waals surface area contributed by atoms with Crippen molar-refractivity contribution in [2.75, 3.05) is 39.7 Å². The molecule has 114 valence electrons. The summed E-state index contributed by atoms with van der Waals surface area (Å²) in [5.41, 5.74) is 5.91. The number of hydrogen-bond acceptors (Lipinski definition) is 6. The first-order chi connectivity index (χ1) is 9.45. The molecule has 0 amide bonds. The van der Waals surface area contributed by atoms with Crippen molar-refractivity contribution in [2.45, 2.75) is 17.9 Å². The first-order valence-corrected chi connectivity index (χ1v) is 7.58. The summed E-state index contributed by atoms with van der Waals surface area (Å²) >= 11 is 0. The largest absolute Gasteiger partial charge is 0.398 e. The molecule has 1 unspecified atom stereocenters. The number of nitrogen functional groups attached to an aromatic ring is 1. The van der Waals surface area contributed by atoms with E-state index >= 15 is 0 Å². The number of ether oxygens (including phenoxy) is 2. The van der Waals surface area contributed by atoms with Gasteiger partial charge in [-0.3, -0.25) is 4.98 Å². The van der Waals surface area contributed by atoms with E-state index in [1.165, 1.54) is 37.0 Å². The highest BCUT2D eigenvalue weighted by molar-refractivity contribution is 7.89. The quantitative estimate of drug-likeness (QED) is 0.744. The molecular weight excluding hydrogens is 282 g/mol. The lowest BCUT2D eigenvalue weighted by Gasteiger charge is -2.28. The van der Waals surface area contributed by atoms with Crippen molar-refractivity contribution in [1.82, 2.24) is 9.29 Å². The summed E-state index contributed by atoms with van der Waals surface area (Å²) in [7, 11) is -0.698. The highest BCUT2D eigenvalue weighted by Gasteiger charge is 2.30. The molecule has 0 saturated carbocycles. The number of rotatable bonds is 8. The molecule has 1 atom stereocenters. The summed E-state index contributed by atoms with van der Waals surface area (Å²) in [5.74, 6) is 0. The molecule has 1 aromatic heterocycles. The summed E-state index contributed by atoms with van der Waals surface area (Å²) in [6.45, 7) is 2.55. The predicted molar refractivity (Wildman–Crippen MR) is 75.8 cm³/mol. The number of hydrogen-bond donors (Lipinski definition) is 1. The van der Waals surface area contributed by atoms with Crippen molar-refractivity contribution in [1.29, 1.82) is 0 Å². The third-order valence-electron chi connectivity index (χ3n) is 2.82. The Morgan fingerprint density at radius 2 is 2.10 bits per heavy atom. The fourth-order valence-electron chi connectivity index (χ4n) is 1.82. The van der Waals surface area contributed by atoms with Gasteiger partial charge in [-0.1, -0.05) is 0 Å². The second-order valence-electron chi connectivity index (χ2n) is 4.33. The van der Waals surface area contributed by atoms with E-state index in [4.69, 9.17) is 15.2 Å². The minimum atomic E-state index is -3.74. The molecule has 0 spiro atoms. The van der Waals surface area contributed by atoms with Gasteiger partial charge in [0, 0.05) is 39.2 Å². The van der Waals surface area contributed by atoms with Gasteiger partial charge in [0.15, 0.2) is 0 Å². The maximum Gasteiger partial charge on any atom is 0.247 e. The molecule has 0 aromatic carbocycles. The zero-order chi connectivity index (χ0) is 15.2. The van der Waals surface area contributed by atoms with E-state index in [9.17, 15) is 8.42 Å². The van der Waals surface area contributed by atoms with Crippen LogP contribution in [-0.4, -0.2) is 57.7 Å². The molecule has 0 aliphatic heterocycles. The lowest BCUT2D eigenvalue weighted by molar-refractivity contribution is 0.119. The SMILES string of the molecule is COCCN(C(C)COC)S(=O)(=O)c1cnccc1N. The first-order valence-electron chi connectivity index (χ1n) is 6.14. The van der Waals surface area contributed by atoms with Gasteiger partial charge in [-0.15, -0.1) is 0 Å². The van der Waals surface area contributed by atoms with Crippen LogP contribution in [0.1, 0.15) is 6.92 Å². The van der Waals surface area contributed by atoms with Crippen LogP contribution in [0, 0.1) is 0 Å². The minimum Gasteiger partial charge on any atom is -0.398 e. The molecular formula is C12H21N3O4S. The van der Waals surface area contributed by atoms with Crippen molar-refractivity contribution in [3.05, 3.63) is 18.5 Å². The van der Waals surface area contributed by atoms with E-state index in [-0.39, 0.29) is 36.4 Å². The molecule has 8 heteroatoms. The Morgan fingerprint density at radius 3 is 2.65 bits per heavy atom. The van der Waals surface area contributed by atoms with Crippen LogP contribution in [0.2, 0.25) is 0 Å². The average Bonchev–Trinajstić information content (AvgIpc) is 2.39. The Labute approximate surface area is 119 Å². The van der Waals surface area contributed by atoms with Crippen molar-refractivity contribution in [3.63, 3.8) is 0 Å². The minimum absolute atomic E-state index is 0.000874. The molecule has 7 nitrogen and oxygen atoms in total. The number of methoxy groups -OCH3 is 2. The highest BCUT2D eigenvalue weighted by atomic mass is 32.2.